The van der Waals surface area contributed by atoms with Crippen molar-refractivity contribution in [2.24, 2.45) is 7.05 Å². The van der Waals surface area contributed by atoms with Gasteiger partial charge in [-0.3, -0.25) is 0 Å². The van der Waals surface area contributed by atoms with Gasteiger partial charge in [0.25, 0.3) is 0 Å². The van der Waals surface area contributed by atoms with Crippen molar-refractivity contribution in [2.75, 3.05) is 26.2 Å². The van der Waals surface area contributed by atoms with E-state index in [1.54, 1.807) is 4.80 Å². The molecule has 0 aliphatic rings. The fourth-order valence-electron chi connectivity index (χ4n) is 2.37. The molecule has 0 bridgehead atoms. The van der Waals surface area contributed by atoms with Gasteiger partial charge in [-0.25, -0.2) is 0 Å². The van der Waals surface area contributed by atoms with E-state index in [0.717, 1.165) is 49.7 Å². The van der Waals surface area contributed by atoms with Gasteiger partial charge in [0.1, 0.15) is 11.4 Å². The van der Waals surface area contributed by atoms with Gasteiger partial charge in [-0.2, -0.15) is 15.0 Å². The van der Waals surface area contributed by atoms with E-state index in [0.29, 0.717) is 0 Å². The van der Waals surface area contributed by atoms with Crippen LogP contribution in [-0.2, 0) is 13.6 Å². The van der Waals surface area contributed by atoms with Crippen molar-refractivity contribution in [3.05, 3.63) is 36.0 Å². The number of hydrogen-bond acceptors (Lipinski definition) is 4. The normalized spacial score (nSPS) is 11.2. The largest absolute Gasteiger partial charge is 0.310 e. The van der Waals surface area contributed by atoms with Crippen LogP contribution in [0.5, 0.6) is 0 Å². The highest BCUT2D eigenvalue weighted by atomic mass is 15.5. The average Bonchev–Trinajstić information content (AvgIpc) is 2.89. The first-order valence-corrected chi connectivity index (χ1v) is 7.63. The Morgan fingerprint density at radius 3 is 2.48 bits per heavy atom. The molecule has 0 unspecified atom stereocenters. The third kappa shape index (κ3) is 4.37. The molecule has 5 heteroatoms. The molecule has 0 fully saturated rings. The van der Waals surface area contributed by atoms with E-state index in [9.17, 15) is 0 Å². The maximum atomic E-state index is 4.48. The summed E-state index contributed by atoms with van der Waals surface area (Å²) < 4.78 is 0. The molecule has 0 saturated carbocycles. The summed E-state index contributed by atoms with van der Waals surface area (Å²) >= 11 is 0. The van der Waals surface area contributed by atoms with Gasteiger partial charge in [-0.15, -0.1) is 0 Å². The van der Waals surface area contributed by atoms with Crippen molar-refractivity contribution < 1.29 is 0 Å². The summed E-state index contributed by atoms with van der Waals surface area (Å²) in [4.78, 5) is 4.05. The molecule has 0 atom stereocenters. The SMILES string of the molecule is CCN(CC)CCNCc1nn(C)nc1-c1ccccc1. The number of aryl methyl sites for hydroxylation is 1. The standard InChI is InChI=1S/C16H25N5/c1-4-21(5-2)12-11-17-13-15-16(19-20(3)18-15)14-9-7-6-8-10-14/h6-10,17H,4-5,11-13H2,1-3H3. The molecule has 0 radical (unpaired) electrons. The minimum atomic E-state index is 0.749. The maximum absolute atomic E-state index is 4.48. The second-order valence-electron chi connectivity index (χ2n) is 5.05. The topological polar surface area (TPSA) is 46.0 Å². The Balaban J connectivity index is 1.95. The highest BCUT2D eigenvalue weighted by molar-refractivity contribution is 5.60. The zero-order valence-electron chi connectivity index (χ0n) is 13.2. The van der Waals surface area contributed by atoms with Crippen molar-refractivity contribution in [3.63, 3.8) is 0 Å². The molecule has 1 aromatic heterocycles. The minimum absolute atomic E-state index is 0.749. The van der Waals surface area contributed by atoms with Crippen LogP contribution in [0, 0.1) is 0 Å². The van der Waals surface area contributed by atoms with Crippen LogP contribution in [0.15, 0.2) is 30.3 Å². The van der Waals surface area contributed by atoms with Gasteiger partial charge in [-0.1, -0.05) is 44.2 Å². The Morgan fingerprint density at radius 2 is 1.81 bits per heavy atom. The number of rotatable bonds is 8. The summed E-state index contributed by atoms with van der Waals surface area (Å²) in [6.45, 7) is 9.36. The molecule has 1 heterocycles. The summed E-state index contributed by atoms with van der Waals surface area (Å²) in [6.07, 6.45) is 0. The number of nitrogens with zero attached hydrogens (tertiary/aromatic N) is 4. The molecule has 1 aromatic carbocycles. The van der Waals surface area contributed by atoms with Gasteiger partial charge >= 0.3 is 0 Å². The first-order valence-electron chi connectivity index (χ1n) is 7.63. The molecule has 1 N–H and O–H groups in total. The monoisotopic (exact) mass is 287 g/mol. The second kappa shape index (κ2) is 7.90. The minimum Gasteiger partial charge on any atom is -0.310 e. The highest BCUT2D eigenvalue weighted by Crippen LogP contribution is 2.19. The summed E-state index contributed by atoms with van der Waals surface area (Å²) in [5.74, 6) is 0. The van der Waals surface area contributed by atoms with Gasteiger partial charge in [0.2, 0.25) is 0 Å². The summed E-state index contributed by atoms with van der Waals surface area (Å²) in [6, 6.07) is 10.2. The van der Waals surface area contributed by atoms with E-state index >= 15 is 0 Å². The van der Waals surface area contributed by atoms with Crippen molar-refractivity contribution in [1.29, 1.82) is 0 Å². The van der Waals surface area contributed by atoms with E-state index in [4.69, 9.17) is 0 Å². The quantitative estimate of drug-likeness (QED) is 0.753. The van der Waals surface area contributed by atoms with Crippen LogP contribution in [0.3, 0.4) is 0 Å². The predicted molar refractivity (Wildman–Crippen MR) is 85.9 cm³/mol. The molecule has 0 amide bonds. The Kier molecular flexibility index (Phi) is 5.90. The summed E-state index contributed by atoms with van der Waals surface area (Å²) in [5, 5.41) is 12.4. The molecule has 0 aliphatic carbocycles. The van der Waals surface area contributed by atoms with Crippen LogP contribution in [-0.4, -0.2) is 46.1 Å². The Bertz CT molecular complexity index is 531. The number of benzene rings is 1. The Hall–Kier alpha value is -1.72. The van der Waals surface area contributed by atoms with Gasteiger partial charge in [-0.05, 0) is 13.1 Å². The van der Waals surface area contributed by atoms with E-state index < -0.39 is 0 Å². The number of aromatic nitrogens is 3. The molecule has 114 valence electrons. The lowest BCUT2D eigenvalue weighted by atomic mass is 10.1. The fraction of sp³-hybridized carbons (Fsp3) is 0.500. The van der Waals surface area contributed by atoms with Crippen LogP contribution in [0.25, 0.3) is 11.3 Å². The number of nitrogens with one attached hydrogen (secondary N) is 1. The van der Waals surface area contributed by atoms with Crippen LogP contribution in [0.1, 0.15) is 19.5 Å². The third-order valence-corrected chi connectivity index (χ3v) is 3.62. The molecule has 0 spiro atoms. The van der Waals surface area contributed by atoms with E-state index in [1.807, 2.05) is 25.2 Å². The molecular weight excluding hydrogens is 262 g/mol. The molecular formula is C16H25N5. The average molecular weight is 287 g/mol. The second-order valence-corrected chi connectivity index (χ2v) is 5.05. The van der Waals surface area contributed by atoms with Crippen molar-refractivity contribution in [1.82, 2.24) is 25.2 Å². The fourth-order valence-corrected chi connectivity index (χ4v) is 2.37. The molecule has 21 heavy (non-hydrogen) atoms. The lowest BCUT2D eigenvalue weighted by Gasteiger charge is -2.17. The summed E-state index contributed by atoms with van der Waals surface area (Å²) in [7, 11) is 1.87. The van der Waals surface area contributed by atoms with Gasteiger partial charge in [0.05, 0.1) is 0 Å². The van der Waals surface area contributed by atoms with Crippen LogP contribution >= 0.6 is 0 Å². The van der Waals surface area contributed by atoms with Crippen LogP contribution < -0.4 is 5.32 Å². The van der Waals surface area contributed by atoms with Crippen LogP contribution in [0.2, 0.25) is 0 Å². The third-order valence-electron chi connectivity index (χ3n) is 3.62. The zero-order valence-corrected chi connectivity index (χ0v) is 13.2. The first-order chi connectivity index (χ1) is 10.2. The predicted octanol–water partition coefficient (Wildman–Crippen LogP) is 1.91. The highest BCUT2D eigenvalue weighted by Gasteiger charge is 2.11. The zero-order chi connectivity index (χ0) is 15.1. The van der Waals surface area contributed by atoms with Crippen molar-refractivity contribution >= 4 is 0 Å². The molecule has 0 aliphatic heterocycles. The lowest BCUT2D eigenvalue weighted by molar-refractivity contribution is 0.302. The van der Waals surface area contributed by atoms with E-state index in [-0.39, 0.29) is 0 Å². The van der Waals surface area contributed by atoms with Gasteiger partial charge in [0, 0.05) is 32.2 Å². The number of hydrogen-bond donors (Lipinski definition) is 1. The Morgan fingerprint density at radius 1 is 1.10 bits per heavy atom. The van der Waals surface area contributed by atoms with Gasteiger partial charge < -0.3 is 10.2 Å². The maximum Gasteiger partial charge on any atom is 0.117 e. The van der Waals surface area contributed by atoms with E-state index in [1.165, 1.54) is 0 Å². The van der Waals surface area contributed by atoms with Crippen molar-refractivity contribution in [2.45, 2.75) is 20.4 Å². The lowest BCUT2D eigenvalue weighted by Crippen LogP contribution is -2.31. The number of likely N-dealkylation sites (N-methyl/N-ethyl adjacent to an activating group) is 1. The molecule has 2 aromatic rings. The first kappa shape index (κ1) is 15.7. The van der Waals surface area contributed by atoms with Crippen molar-refractivity contribution in [3.8, 4) is 11.3 Å². The Labute approximate surface area is 127 Å². The molecule has 0 saturated heterocycles. The molecule has 5 nitrogen and oxygen atoms in total. The van der Waals surface area contributed by atoms with E-state index in [2.05, 4.69) is 46.4 Å². The summed E-state index contributed by atoms with van der Waals surface area (Å²) in [5.41, 5.74) is 3.09. The molecule has 2 rings (SSSR count). The smallest absolute Gasteiger partial charge is 0.117 e. The van der Waals surface area contributed by atoms with Gasteiger partial charge in [0.15, 0.2) is 0 Å². The van der Waals surface area contributed by atoms with Crippen LogP contribution in [0.4, 0.5) is 0 Å².